The van der Waals surface area contributed by atoms with Gasteiger partial charge in [0.2, 0.25) is 0 Å². The number of rotatable bonds is 1. The Balaban J connectivity index is 1.82. The summed E-state index contributed by atoms with van der Waals surface area (Å²) in [5.41, 5.74) is 1.01. The zero-order valence-electron chi connectivity index (χ0n) is 11.2. The van der Waals surface area contributed by atoms with Gasteiger partial charge in [0.1, 0.15) is 17.5 Å². The van der Waals surface area contributed by atoms with Gasteiger partial charge in [-0.3, -0.25) is 4.79 Å². The molecule has 3 unspecified atom stereocenters. The monoisotopic (exact) mass is 257 g/mol. The topological polar surface area (TPSA) is 59.9 Å². The molecule has 19 heavy (non-hydrogen) atoms. The Morgan fingerprint density at radius 3 is 2.95 bits per heavy atom. The Morgan fingerprint density at radius 1 is 1.42 bits per heavy atom. The number of nitrogens with zero attached hydrogens (tertiary/aromatic N) is 2. The molecule has 1 saturated carbocycles. The largest absolute Gasteiger partial charge is 0.342 e. The SMILES string of the molecule is CC1CN(C(=O)c2ccc(C#N)[nH]2)C2CCCCC12. The van der Waals surface area contributed by atoms with Crippen molar-refractivity contribution < 1.29 is 4.79 Å². The van der Waals surface area contributed by atoms with Gasteiger partial charge in [0.05, 0.1) is 0 Å². The highest BCUT2D eigenvalue weighted by Crippen LogP contribution is 2.40. The maximum Gasteiger partial charge on any atom is 0.270 e. The summed E-state index contributed by atoms with van der Waals surface area (Å²) in [5, 5.41) is 8.82. The third kappa shape index (κ3) is 2.03. The van der Waals surface area contributed by atoms with Crippen LogP contribution in [0.15, 0.2) is 12.1 Å². The van der Waals surface area contributed by atoms with E-state index in [0.29, 0.717) is 29.3 Å². The third-order valence-electron chi connectivity index (χ3n) is 4.70. The number of hydrogen-bond acceptors (Lipinski definition) is 2. The maximum atomic E-state index is 12.6. The van der Waals surface area contributed by atoms with Crippen molar-refractivity contribution in [2.45, 2.75) is 38.6 Å². The zero-order chi connectivity index (χ0) is 13.4. The average Bonchev–Trinajstić information content (AvgIpc) is 3.04. The number of fused-ring (bicyclic) bond motifs is 1. The highest BCUT2D eigenvalue weighted by molar-refractivity contribution is 5.93. The highest BCUT2D eigenvalue weighted by Gasteiger charge is 2.42. The molecule has 0 bridgehead atoms. The summed E-state index contributed by atoms with van der Waals surface area (Å²) in [7, 11) is 0. The van der Waals surface area contributed by atoms with Crippen LogP contribution in [0.25, 0.3) is 0 Å². The minimum atomic E-state index is 0.0581. The van der Waals surface area contributed by atoms with Crippen LogP contribution in [0.1, 0.15) is 48.8 Å². The molecule has 1 aromatic heterocycles. The van der Waals surface area contributed by atoms with Crippen molar-refractivity contribution in [3.63, 3.8) is 0 Å². The first kappa shape index (κ1) is 12.3. The first-order chi connectivity index (χ1) is 9.20. The van der Waals surface area contributed by atoms with Crippen LogP contribution in [-0.4, -0.2) is 28.4 Å². The van der Waals surface area contributed by atoms with Gasteiger partial charge in [-0.25, -0.2) is 0 Å². The first-order valence-corrected chi connectivity index (χ1v) is 7.11. The van der Waals surface area contributed by atoms with Crippen molar-refractivity contribution in [3.05, 3.63) is 23.5 Å². The van der Waals surface area contributed by atoms with E-state index in [1.807, 2.05) is 11.0 Å². The van der Waals surface area contributed by atoms with Crippen LogP contribution in [0.4, 0.5) is 0 Å². The lowest BCUT2D eigenvalue weighted by atomic mass is 9.80. The molecule has 1 amide bonds. The number of carbonyl (C=O) groups excluding carboxylic acids is 1. The molecule has 2 aliphatic rings. The summed E-state index contributed by atoms with van der Waals surface area (Å²) in [4.78, 5) is 17.5. The fourth-order valence-corrected chi connectivity index (χ4v) is 3.75. The van der Waals surface area contributed by atoms with E-state index in [-0.39, 0.29) is 5.91 Å². The van der Waals surface area contributed by atoms with Crippen molar-refractivity contribution in [1.82, 2.24) is 9.88 Å². The second-order valence-electron chi connectivity index (χ2n) is 5.85. The minimum absolute atomic E-state index is 0.0581. The highest BCUT2D eigenvalue weighted by atomic mass is 16.2. The Morgan fingerprint density at radius 2 is 2.21 bits per heavy atom. The van der Waals surface area contributed by atoms with Crippen LogP contribution in [0.5, 0.6) is 0 Å². The number of likely N-dealkylation sites (tertiary alicyclic amines) is 1. The Hall–Kier alpha value is -1.76. The molecule has 3 atom stereocenters. The van der Waals surface area contributed by atoms with E-state index in [9.17, 15) is 4.79 Å². The molecule has 1 N–H and O–H groups in total. The molecule has 1 aliphatic heterocycles. The molecule has 4 heteroatoms. The lowest BCUT2D eigenvalue weighted by molar-refractivity contribution is 0.0685. The Kier molecular flexibility index (Phi) is 3.06. The van der Waals surface area contributed by atoms with E-state index in [4.69, 9.17) is 5.26 Å². The quantitative estimate of drug-likeness (QED) is 0.840. The summed E-state index contributed by atoms with van der Waals surface area (Å²) in [6.45, 7) is 3.11. The summed E-state index contributed by atoms with van der Waals surface area (Å²) < 4.78 is 0. The van der Waals surface area contributed by atoms with Crippen LogP contribution in [0.2, 0.25) is 0 Å². The van der Waals surface area contributed by atoms with Gasteiger partial charge in [-0.05, 0) is 36.8 Å². The number of hydrogen-bond donors (Lipinski definition) is 1. The van der Waals surface area contributed by atoms with E-state index >= 15 is 0 Å². The van der Waals surface area contributed by atoms with E-state index in [1.54, 1.807) is 12.1 Å². The second-order valence-corrected chi connectivity index (χ2v) is 5.85. The molecule has 2 heterocycles. The lowest BCUT2D eigenvalue weighted by Gasteiger charge is -2.31. The molecule has 4 nitrogen and oxygen atoms in total. The summed E-state index contributed by atoms with van der Waals surface area (Å²) in [5.74, 6) is 1.32. The number of carbonyl (C=O) groups is 1. The van der Waals surface area contributed by atoms with Gasteiger partial charge in [-0.2, -0.15) is 5.26 Å². The average molecular weight is 257 g/mol. The predicted molar refractivity (Wildman–Crippen MR) is 71.5 cm³/mol. The predicted octanol–water partition coefficient (Wildman–Crippen LogP) is 2.54. The van der Waals surface area contributed by atoms with E-state index < -0.39 is 0 Å². The molecule has 1 aliphatic carbocycles. The summed E-state index contributed by atoms with van der Waals surface area (Å²) in [6.07, 6.45) is 4.91. The van der Waals surface area contributed by atoms with Gasteiger partial charge in [-0.15, -0.1) is 0 Å². The van der Waals surface area contributed by atoms with E-state index in [1.165, 1.54) is 19.3 Å². The maximum absolute atomic E-state index is 12.6. The van der Waals surface area contributed by atoms with Crippen molar-refractivity contribution in [3.8, 4) is 6.07 Å². The molecule has 1 aromatic rings. The lowest BCUT2D eigenvalue weighted by Crippen LogP contribution is -2.39. The molecule has 2 fully saturated rings. The molecule has 1 saturated heterocycles. The van der Waals surface area contributed by atoms with Crippen LogP contribution in [0.3, 0.4) is 0 Å². The van der Waals surface area contributed by atoms with Gasteiger partial charge in [0, 0.05) is 12.6 Å². The van der Waals surface area contributed by atoms with Crippen LogP contribution in [0, 0.1) is 23.2 Å². The van der Waals surface area contributed by atoms with Gasteiger partial charge >= 0.3 is 0 Å². The van der Waals surface area contributed by atoms with Crippen molar-refractivity contribution in [2.75, 3.05) is 6.54 Å². The molecule has 3 rings (SSSR count). The van der Waals surface area contributed by atoms with Crippen LogP contribution in [-0.2, 0) is 0 Å². The molecular weight excluding hydrogens is 238 g/mol. The Bertz CT molecular complexity index is 528. The summed E-state index contributed by atoms with van der Waals surface area (Å²) in [6, 6.07) is 5.83. The van der Waals surface area contributed by atoms with Crippen molar-refractivity contribution >= 4 is 5.91 Å². The van der Waals surface area contributed by atoms with Gasteiger partial charge in [0.25, 0.3) is 5.91 Å². The number of nitriles is 1. The third-order valence-corrected chi connectivity index (χ3v) is 4.70. The number of amides is 1. The normalized spacial score (nSPS) is 29.9. The van der Waals surface area contributed by atoms with Gasteiger partial charge in [0.15, 0.2) is 0 Å². The first-order valence-electron chi connectivity index (χ1n) is 7.11. The van der Waals surface area contributed by atoms with Gasteiger partial charge < -0.3 is 9.88 Å². The molecule has 100 valence electrons. The van der Waals surface area contributed by atoms with Crippen molar-refractivity contribution in [1.29, 1.82) is 5.26 Å². The van der Waals surface area contributed by atoms with Crippen molar-refractivity contribution in [2.24, 2.45) is 11.8 Å². The minimum Gasteiger partial charge on any atom is -0.342 e. The fraction of sp³-hybridized carbons (Fsp3) is 0.600. The summed E-state index contributed by atoms with van der Waals surface area (Å²) >= 11 is 0. The number of nitrogens with one attached hydrogen (secondary N) is 1. The number of aromatic nitrogens is 1. The second kappa shape index (κ2) is 4.73. The van der Waals surface area contributed by atoms with E-state index in [0.717, 1.165) is 13.0 Å². The molecular formula is C15H19N3O. The van der Waals surface area contributed by atoms with Crippen LogP contribution < -0.4 is 0 Å². The molecule has 0 radical (unpaired) electrons. The Labute approximate surface area is 113 Å². The van der Waals surface area contributed by atoms with Crippen LogP contribution >= 0.6 is 0 Å². The van der Waals surface area contributed by atoms with Gasteiger partial charge in [-0.1, -0.05) is 19.8 Å². The molecule has 0 aromatic carbocycles. The smallest absolute Gasteiger partial charge is 0.270 e. The van der Waals surface area contributed by atoms with E-state index in [2.05, 4.69) is 11.9 Å². The molecule has 0 spiro atoms. The number of H-pyrrole nitrogens is 1. The standard InChI is InChI=1S/C15H19N3O/c1-10-9-18(14-5-3-2-4-12(10)14)15(19)13-7-6-11(8-16)17-13/h6-7,10,12,14,17H,2-5,9H2,1H3. The zero-order valence-corrected chi connectivity index (χ0v) is 11.2. The number of aromatic amines is 1. The fourth-order valence-electron chi connectivity index (χ4n) is 3.75.